The van der Waals surface area contributed by atoms with E-state index in [4.69, 9.17) is 17.7 Å². The van der Waals surface area contributed by atoms with Crippen molar-refractivity contribution in [1.82, 2.24) is 4.57 Å². The lowest BCUT2D eigenvalue weighted by Gasteiger charge is -2.32. The standard InChI is InChI=1S/C10H25NO4Si2/c1-12-16(13-2)9-5-7-11-8-6-10-17(11,14-3)15-4/h16H,5-10H2,1-4H3. The van der Waals surface area contributed by atoms with E-state index < -0.39 is 18.0 Å². The van der Waals surface area contributed by atoms with Gasteiger partial charge in [-0.3, -0.25) is 4.57 Å². The Morgan fingerprint density at radius 3 is 2.29 bits per heavy atom. The highest BCUT2D eigenvalue weighted by atomic mass is 28.4. The minimum absolute atomic E-state index is 1.03. The van der Waals surface area contributed by atoms with E-state index in [0.29, 0.717) is 0 Å². The first-order valence-corrected chi connectivity index (χ1v) is 9.86. The first-order chi connectivity index (χ1) is 8.22. The number of nitrogens with zero attached hydrogens (tertiary/aromatic N) is 1. The normalized spacial score (nSPS) is 20.3. The maximum atomic E-state index is 5.66. The van der Waals surface area contributed by atoms with Crippen LogP contribution < -0.4 is 0 Å². The highest BCUT2D eigenvalue weighted by Crippen LogP contribution is 2.27. The van der Waals surface area contributed by atoms with Gasteiger partial charge in [0, 0.05) is 34.5 Å². The van der Waals surface area contributed by atoms with Crippen molar-refractivity contribution in [3.8, 4) is 0 Å². The molecule has 0 spiro atoms. The van der Waals surface area contributed by atoms with E-state index in [2.05, 4.69) is 4.57 Å². The molecule has 0 aliphatic carbocycles. The second-order valence-corrected chi connectivity index (χ2v) is 10.0. The van der Waals surface area contributed by atoms with Crippen molar-refractivity contribution in [3.63, 3.8) is 0 Å². The van der Waals surface area contributed by atoms with Crippen LogP contribution in [0, 0.1) is 0 Å². The second kappa shape index (κ2) is 7.62. The van der Waals surface area contributed by atoms with Gasteiger partial charge in [0.15, 0.2) is 0 Å². The molecule has 102 valence electrons. The molecule has 17 heavy (non-hydrogen) atoms. The van der Waals surface area contributed by atoms with Gasteiger partial charge in [-0.25, -0.2) is 0 Å². The van der Waals surface area contributed by atoms with Crippen molar-refractivity contribution in [3.05, 3.63) is 0 Å². The van der Waals surface area contributed by atoms with E-state index in [-0.39, 0.29) is 0 Å². The Hall–Kier alpha value is 0.234. The summed E-state index contributed by atoms with van der Waals surface area (Å²) >= 11 is 0. The molecule has 0 radical (unpaired) electrons. The summed E-state index contributed by atoms with van der Waals surface area (Å²) in [6.07, 6.45) is 2.28. The van der Waals surface area contributed by atoms with Crippen molar-refractivity contribution >= 4 is 18.0 Å². The average Bonchev–Trinajstić information content (AvgIpc) is 2.78. The maximum absolute atomic E-state index is 5.66. The van der Waals surface area contributed by atoms with Crippen LogP contribution >= 0.6 is 0 Å². The van der Waals surface area contributed by atoms with Crippen LogP contribution in [0.4, 0.5) is 0 Å². The molecule has 1 fully saturated rings. The lowest BCUT2D eigenvalue weighted by Crippen LogP contribution is -2.53. The van der Waals surface area contributed by atoms with Crippen LogP contribution in [0.2, 0.25) is 12.1 Å². The molecule has 0 N–H and O–H groups in total. The second-order valence-electron chi connectivity index (χ2n) is 4.25. The molecule has 0 atom stereocenters. The minimum atomic E-state index is -2.03. The van der Waals surface area contributed by atoms with Crippen LogP contribution in [0.3, 0.4) is 0 Å². The van der Waals surface area contributed by atoms with Gasteiger partial charge in [0.1, 0.15) is 0 Å². The Morgan fingerprint density at radius 2 is 1.76 bits per heavy atom. The summed E-state index contributed by atoms with van der Waals surface area (Å²) in [5.74, 6) is 0. The van der Waals surface area contributed by atoms with Crippen molar-refractivity contribution in [2.75, 3.05) is 41.5 Å². The van der Waals surface area contributed by atoms with Crippen LogP contribution in [-0.2, 0) is 17.7 Å². The zero-order valence-corrected chi connectivity index (χ0v) is 13.6. The number of hydrogen-bond donors (Lipinski definition) is 0. The highest BCUT2D eigenvalue weighted by molar-refractivity contribution is 6.65. The highest BCUT2D eigenvalue weighted by Gasteiger charge is 2.46. The lowest BCUT2D eigenvalue weighted by atomic mass is 10.4. The average molecular weight is 279 g/mol. The predicted octanol–water partition coefficient (Wildman–Crippen LogP) is 0.827. The lowest BCUT2D eigenvalue weighted by molar-refractivity contribution is 0.181. The van der Waals surface area contributed by atoms with Crippen LogP contribution in [-0.4, -0.2) is 64.1 Å². The molecule has 0 amide bonds. The smallest absolute Gasteiger partial charge is 0.400 e. The Morgan fingerprint density at radius 1 is 1.12 bits per heavy atom. The summed E-state index contributed by atoms with van der Waals surface area (Å²) in [6.45, 7) is 2.13. The van der Waals surface area contributed by atoms with Gasteiger partial charge in [0.2, 0.25) is 0 Å². The van der Waals surface area contributed by atoms with E-state index >= 15 is 0 Å². The van der Waals surface area contributed by atoms with Crippen LogP contribution in [0.25, 0.3) is 0 Å². The fraction of sp³-hybridized carbons (Fsp3) is 1.00. The summed E-state index contributed by atoms with van der Waals surface area (Å²) in [6, 6.07) is 2.12. The van der Waals surface area contributed by atoms with Gasteiger partial charge < -0.3 is 17.7 Å². The van der Waals surface area contributed by atoms with Gasteiger partial charge in [-0.05, 0) is 32.0 Å². The zero-order chi connectivity index (χ0) is 12.7. The van der Waals surface area contributed by atoms with Crippen molar-refractivity contribution in [2.45, 2.75) is 24.9 Å². The first-order valence-electron chi connectivity index (χ1n) is 6.13. The van der Waals surface area contributed by atoms with Crippen molar-refractivity contribution in [2.24, 2.45) is 0 Å². The van der Waals surface area contributed by atoms with Gasteiger partial charge in [-0.2, -0.15) is 0 Å². The molecule has 1 aliphatic rings. The van der Waals surface area contributed by atoms with Crippen LogP contribution in [0.5, 0.6) is 0 Å². The molecule has 1 saturated heterocycles. The Kier molecular flexibility index (Phi) is 6.86. The molecule has 0 aromatic heterocycles. The SMILES string of the molecule is CO[SiH](CCCN1CCC[Si]1(OC)OC)OC. The molecule has 1 aliphatic heterocycles. The molecule has 7 heteroatoms. The maximum Gasteiger partial charge on any atom is 0.427 e. The van der Waals surface area contributed by atoms with E-state index in [1.54, 1.807) is 28.4 Å². The zero-order valence-electron chi connectivity index (χ0n) is 11.4. The molecule has 0 aromatic rings. The van der Waals surface area contributed by atoms with Crippen LogP contribution in [0.1, 0.15) is 12.8 Å². The van der Waals surface area contributed by atoms with Crippen molar-refractivity contribution in [1.29, 1.82) is 0 Å². The fourth-order valence-electron chi connectivity index (χ4n) is 2.43. The molecule has 0 unspecified atom stereocenters. The third kappa shape index (κ3) is 3.85. The minimum Gasteiger partial charge on any atom is -0.400 e. The Bertz CT molecular complexity index is 212. The van der Waals surface area contributed by atoms with Gasteiger partial charge >= 0.3 is 18.0 Å². The third-order valence-electron chi connectivity index (χ3n) is 3.43. The summed E-state index contributed by atoms with van der Waals surface area (Å²) < 4.78 is 24.4. The number of hydrogen-bond acceptors (Lipinski definition) is 5. The van der Waals surface area contributed by atoms with E-state index in [1.807, 2.05) is 0 Å². The largest absolute Gasteiger partial charge is 0.427 e. The van der Waals surface area contributed by atoms with Crippen LogP contribution in [0.15, 0.2) is 0 Å². The molecular formula is C10H25NO4Si2. The Labute approximate surface area is 107 Å². The summed E-state index contributed by atoms with van der Waals surface area (Å²) in [4.78, 5) is 0. The topological polar surface area (TPSA) is 40.2 Å². The molecule has 5 nitrogen and oxygen atoms in total. The van der Waals surface area contributed by atoms with Gasteiger partial charge in [-0.15, -0.1) is 0 Å². The fourth-order valence-corrected chi connectivity index (χ4v) is 6.62. The summed E-state index contributed by atoms with van der Waals surface area (Å²) in [5.41, 5.74) is 0. The van der Waals surface area contributed by atoms with E-state index in [1.165, 1.54) is 6.42 Å². The van der Waals surface area contributed by atoms with Crippen molar-refractivity contribution < 1.29 is 17.7 Å². The van der Waals surface area contributed by atoms with Gasteiger partial charge in [0.25, 0.3) is 0 Å². The summed E-state index contributed by atoms with van der Waals surface area (Å²) in [5, 5.41) is 0. The van der Waals surface area contributed by atoms with Gasteiger partial charge in [0.05, 0.1) is 0 Å². The first kappa shape index (κ1) is 15.3. The monoisotopic (exact) mass is 279 g/mol. The predicted molar refractivity (Wildman–Crippen MR) is 71.4 cm³/mol. The molecule has 1 rings (SSSR count). The molecule has 0 saturated carbocycles. The summed E-state index contributed by atoms with van der Waals surface area (Å²) in [7, 11) is 3.58. The molecule has 1 heterocycles. The van der Waals surface area contributed by atoms with E-state index in [9.17, 15) is 0 Å². The quantitative estimate of drug-likeness (QED) is 0.616. The van der Waals surface area contributed by atoms with Gasteiger partial charge in [-0.1, -0.05) is 0 Å². The van der Waals surface area contributed by atoms with E-state index in [0.717, 1.165) is 31.6 Å². The third-order valence-corrected chi connectivity index (χ3v) is 9.04. The molecule has 0 aromatic carbocycles. The molecule has 0 bridgehead atoms. The Balaban J connectivity index is 2.35. The molecular weight excluding hydrogens is 254 g/mol. The number of rotatable bonds is 8.